The van der Waals surface area contributed by atoms with Crippen LogP contribution in [0.25, 0.3) is 0 Å². The highest BCUT2D eigenvalue weighted by Gasteiger charge is 2.07. The van der Waals surface area contributed by atoms with E-state index >= 15 is 0 Å². The normalized spacial score (nSPS) is 11.7. The van der Waals surface area contributed by atoms with E-state index in [0.29, 0.717) is 18.2 Å². The average molecular weight is 273 g/mol. The number of ether oxygens (including phenoxy) is 1. The molecule has 2 amide bonds. The Labute approximate surface area is 111 Å². The number of aromatic hydroxyl groups is 1. The molecule has 1 unspecified atom stereocenters. The van der Waals surface area contributed by atoms with Gasteiger partial charge >= 0.3 is 6.03 Å². The summed E-state index contributed by atoms with van der Waals surface area (Å²) >= 11 is 5.49. The molecule has 0 aliphatic rings. The quantitative estimate of drug-likeness (QED) is 0.422. The molecule has 3 N–H and O–H groups in total. The number of carbonyl (C=O) groups excluding carboxylic acids is 1. The fourth-order valence-electron chi connectivity index (χ4n) is 1.26. The number of nitrogens with one attached hydrogen (secondary N) is 2. The van der Waals surface area contributed by atoms with Crippen LogP contribution in [0.1, 0.15) is 13.3 Å². The Bertz CT molecular complexity index is 370. The van der Waals surface area contributed by atoms with Crippen molar-refractivity contribution in [3.8, 4) is 11.5 Å². The zero-order valence-electron chi connectivity index (χ0n) is 10.1. The summed E-state index contributed by atoms with van der Waals surface area (Å²) in [5.74, 6) is 1.25. The SMILES string of the molecule is CC(NC(=O)NCCCCl)Oc1ccc(O)cc1. The van der Waals surface area contributed by atoms with Crippen molar-refractivity contribution in [1.82, 2.24) is 10.6 Å². The van der Waals surface area contributed by atoms with Crippen LogP contribution < -0.4 is 15.4 Å². The van der Waals surface area contributed by atoms with Crippen molar-refractivity contribution in [2.45, 2.75) is 19.6 Å². The minimum Gasteiger partial charge on any atom is -0.508 e. The monoisotopic (exact) mass is 272 g/mol. The lowest BCUT2D eigenvalue weighted by Gasteiger charge is -2.16. The molecule has 0 radical (unpaired) electrons. The molecule has 1 aromatic carbocycles. The summed E-state index contributed by atoms with van der Waals surface area (Å²) in [5, 5.41) is 14.4. The van der Waals surface area contributed by atoms with Crippen molar-refractivity contribution >= 4 is 17.6 Å². The van der Waals surface area contributed by atoms with Gasteiger partial charge in [0.2, 0.25) is 0 Å². The molecule has 0 aromatic heterocycles. The van der Waals surface area contributed by atoms with E-state index in [2.05, 4.69) is 10.6 Å². The predicted molar refractivity (Wildman–Crippen MR) is 70.1 cm³/mol. The van der Waals surface area contributed by atoms with E-state index in [1.54, 1.807) is 19.1 Å². The zero-order valence-corrected chi connectivity index (χ0v) is 10.9. The Morgan fingerprint density at radius 2 is 2.11 bits per heavy atom. The highest BCUT2D eigenvalue weighted by Crippen LogP contribution is 2.16. The van der Waals surface area contributed by atoms with Gasteiger partial charge in [0.15, 0.2) is 6.23 Å². The summed E-state index contributed by atoms with van der Waals surface area (Å²) in [6.07, 6.45) is 0.257. The number of halogens is 1. The summed E-state index contributed by atoms with van der Waals surface area (Å²) in [6, 6.07) is 5.98. The van der Waals surface area contributed by atoms with E-state index in [4.69, 9.17) is 21.4 Å². The van der Waals surface area contributed by atoms with E-state index in [9.17, 15) is 4.79 Å². The van der Waals surface area contributed by atoms with Crippen LogP contribution in [0.2, 0.25) is 0 Å². The number of phenolic OH excluding ortho intramolecular Hbond substituents is 1. The molecular formula is C12H17ClN2O3. The van der Waals surface area contributed by atoms with Gasteiger partial charge in [-0.1, -0.05) is 0 Å². The van der Waals surface area contributed by atoms with E-state index in [-0.39, 0.29) is 11.8 Å². The number of phenols is 1. The first-order valence-corrected chi connectivity index (χ1v) is 6.21. The zero-order chi connectivity index (χ0) is 13.4. The summed E-state index contributed by atoms with van der Waals surface area (Å²) in [4.78, 5) is 11.4. The summed E-state index contributed by atoms with van der Waals surface area (Å²) in [5.41, 5.74) is 0. The molecule has 1 aromatic rings. The van der Waals surface area contributed by atoms with Gasteiger partial charge in [-0.05, 0) is 37.6 Å². The van der Waals surface area contributed by atoms with Crippen molar-refractivity contribution in [3.63, 3.8) is 0 Å². The second-order valence-electron chi connectivity index (χ2n) is 3.70. The molecule has 0 saturated carbocycles. The minimum absolute atomic E-state index is 0.168. The van der Waals surface area contributed by atoms with Gasteiger partial charge in [-0.3, -0.25) is 0 Å². The van der Waals surface area contributed by atoms with Gasteiger partial charge in [0.05, 0.1) is 0 Å². The maximum Gasteiger partial charge on any atom is 0.317 e. The van der Waals surface area contributed by atoms with Crippen molar-refractivity contribution in [1.29, 1.82) is 0 Å². The van der Waals surface area contributed by atoms with Crippen molar-refractivity contribution in [3.05, 3.63) is 24.3 Å². The van der Waals surface area contributed by atoms with Gasteiger partial charge in [-0.25, -0.2) is 4.79 Å². The van der Waals surface area contributed by atoms with Crippen LogP contribution in [0.3, 0.4) is 0 Å². The van der Waals surface area contributed by atoms with Gasteiger partial charge in [-0.15, -0.1) is 11.6 Å². The van der Waals surface area contributed by atoms with Crippen molar-refractivity contribution in [2.24, 2.45) is 0 Å². The molecule has 0 saturated heterocycles. The molecule has 6 heteroatoms. The van der Waals surface area contributed by atoms with Crippen molar-refractivity contribution in [2.75, 3.05) is 12.4 Å². The molecule has 5 nitrogen and oxygen atoms in total. The van der Waals surface area contributed by atoms with Crippen LogP contribution in [0, 0.1) is 0 Å². The largest absolute Gasteiger partial charge is 0.508 e. The lowest BCUT2D eigenvalue weighted by Crippen LogP contribution is -2.43. The van der Waals surface area contributed by atoms with Crippen LogP contribution in [-0.2, 0) is 0 Å². The van der Waals surface area contributed by atoms with Crippen LogP contribution in [0.4, 0.5) is 4.79 Å². The number of hydrogen-bond donors (Lipinski definition) is 3. The molecule has 0 spiro atoms. The first-order valence-electron chi connectivity index (χ1n) is 5.68. The molecule has 1 atom stereocenters. The number of urea groups is 1. The third-order valence-corrected chi connectivity index (χ3v) is 2.35. The first-order chi connectivity index (χ1) is 8.61. The first kappa shape index (κ1) is 14.4. The molecule has 100 valence electrons. The van der Waals surface area contributed by atoms with Crippen LogP contribution in [-0.4, -0.2) is 29.8 Å². The maximum absolute atomic E-state index is 11.4. The third kappa shape index (κ3) is 5.63. The summed E-state index contributed by atoms with van der Waals surface area (Å²) < 4.78 is 5.44. The minimum atomic E-state index is -0.467. The van der Waals surface area contributed by atoms with Gasteiger partial charge in [0.25, 0.3) is 0 Å². The highest BCUT2D eigenvalue weighted by atomic mass is 35.5. The Morgan fingerprint density at radius 1 is 1.44 bits per heavy atom. The van der Waals surface area contributed by atoms with E-state index in [1.807, 2.05) is 0 Å². The Morgan fingerprint density at radius 3 is 2.72 bits per heavy atom. The maximum atomic E-state index is 11.4. The molecule has 0 aliphatic heterocycles. The fraction of sp³-hybridized carbons (Fsp3) is 0.417. The predicted octanol–water partition coefficient (Wildman–Crippen LogP) is 2.05. The lowest BCUT2D eigenvalue weighted by molar-refractivity contribution is 0.177. The number of carbonyl (C=O) groups is 1. The molecule has 1 rings (SSSR count). The number of alkyl halides is 1. The van der Waals surface area contributed by atoms with Gasteiger partial charge in [-0.2, -0.15) is 0 Å². The number of hydrogen-bond acceptors (Lipinski definition) is 3. The van der Waals surface area contributed by atoms with E-state index < -0.39 is 6.23 Å². The second-order valence-corrected chi connectivity index (χ2v) is 4.07. The van der Waals surface area contributed by atoms with E-state index in [1.165, 1.54) is 12.1 Å². The molecule has 0 fully saturated rings. The molecule has 0 aliphatic carbocycles. The van der Waals surface area contributed by atoms with Crippen LogP contribution in [0.15, 0.2) is 24.3 Å². The fourth-order valence-corrected chi connectivity index (χ4v) is 1.40. The number of amides is 2. The lowest BCUT2D eigenvalue weighted by atomic mass is 10.3. The highest BCUT2D eigenvalue weighted by molar-refractivity contribution is 6.17. The Hall–Kier alpha value is -1.62. The Balaban J connectivity index is 2.30. The third-order valence-electron chi connectivity index (χ3n) is 2.08. The van der Waals surface area contributed by atoms with Crippen LogP contribution in [0.5, 0.6) is 11.5 Å². The van der Waals surface area contributed by atoms with Gasteiger partial charge < -0.3 is 20.5 Å². The second kappa shape index (κ2) is 7.66. The number of rotatable bonds is 6. The van der Waals surface area contributed by atoms with Gasteiger partial charge in [0, 0.05) is 12.4 Å². The summed E-state index contributed by atoms with van der Waals surface area (Å²) in [7, 11) is 0. The molecular weight excluding hydrogens is 256 g/mol. The van der Waals surface area contributed by atoms with Crippen molar-refractivity contribution < 1.29 is 14.6 Å². The van der Waals surface area contributed by atoms with Gasteiger partial charge in [0.1, 0.15) is 11.5 Å². The van der Waals surface area contributed by atoms with Crippen LogP contribution >= 0.6 is 11.6 Å². The molecule has 0 bridgehead atoms. The molecule has 18 heavy (non-hydrogen) atoms. The molecule has 0 heterocycles. The summed E-state index contributed by atoms with van der Waals surface area (Å²) in [6.45, 7) is 2.25. The average Bonchev–Trinajstić information content (AvgIpc) is 2.32. The van der Waals surface area contributed by atoms with E-state index in [0.717, 1.165) is 6.42 Å². The topological polar surface area (TPSA) is 70.6 Å². The number of benzene rings is 1. The standard InChI is InChI=1S/C12H17ClN2O3/c1-9(15-12(17)14-8-2-7-13)18-11-5-3-10(16)4-6-11/h3-6,9,16H,2,7-8H2,1H3,(H2,14,15,17). The smallest absolute Gasteiger partial charge is 0.317 e. The Kier molecular flexibility index (Phi) is 6.14.